The molecule has 5 heteroatoms. The van der Waals surface area contributed by atoms with Crippen LogP contribution in [0, 0.1) is 23.7 Å². The number of aliphatic hydroxyl groups excluding tert-OH is 1. The van der Waals surface area contributed by atoms with Crippen molar-refractivity contribution in [1.29, 1.82) is 0 Å². The van der Waals surface area contributed by atoms with Crippen LogP contribution < -0.4 is 5.73 Å². The average Bonchev–Trinajstić information content (AvgIpc) is 2.49. The maximum atomic E-state index is 13.0. The zero-order chi connectivity index (χ0) is 16.7. The van der Waals surface area contributed by atoms with E-state index in [0.717, 1.165) is 25.8 Å². The topological polar surface area (TPSA) is 83.6 Å². The van der Waals surface area contributed by atoms with E-state index < -0.39 is 0 Å². The van der Waals surface area contributed by atoms with Gasteiger partial charge < -0.3 is 15.7 Å². The Kier molecular flexibility index (Phi) is 7.87. The van der Waals surface area contributed by atoms with E-state index in [0.29, 0.717) is 25.3 Å². The molecule has 3 unspecified atom stereocenters. The van der Waals surface area contributed by atoms with Gasteiger partial charge in [0.25, 0.3) is 0 Å². The number of carbonyl (C=O) groups excluding carboxylic acids is 2. The molecule has 1 aliphatic rings. The summed E-state index contributed by atoms with van der Waals surface area (Å²) in [5, 5.41) is 9.34. The zero-order valence-corrected chi connectivity index (χ0v) is 14.3. The van der Waals surface area contributed by atoms with Crippen LogP contribution in [0.4, 0.5) is 0 Å². The van der Waals surface area contributed by atoms with Crippen LogP contribution in [0.3, 0.4) is 0 Å². The van der Waals surface area contributed by atoms with Crippen molar-refractivity contribution in [1.82, 2.24) is 4.90 Å². The third-order valence-corrected chi connectivity index (χ3v) is 4.58. The summed E-state index contributed by atoms with van der Waals surface area (Å²) in [6.45, 7) is 7.58. The van der Waals surface area contributed by atoms with Crippen LogP contribution >= 0.6 is 0 Å². The minimum absolute atomic E-state index is 0.0455. The number of nitrogens with zero attached hydrogens (tertiary/aromatic N) is 1. The largest absolute Gasteiger partial charge is 0.396 e. The van der Waals surface area contributed by atoms with Crippen molar-refractivity contribution < 1.29 is 14.7 Å². The Hall–Kier alpha value is -1.10. The van der Waals surface area contributed by atoms with Crippen LogP contribution in [-0.4, -0.2) is 41.5 Å². The van der Waals surface area contributed by atoms with Crippen LogP contribution in [0.15, 0.2) is 0 Å². The number of hydrogen-bond donors (Lipinski definition) is 2. The first-order valence-electron chi connectivity index (χ1n) is 8.59. The lowest BCUT2D eigenvalue weighted by Gasteiger charge is -2.36. The molecule has 1 rings (SSSR count). The second kappa shape index (κ2) is 9.13. The van der Waals surface area contributed by atoms with Crippen LogP contribution in [0.2, 0.25) is 0 Å². The molecule has 0 aliphatic carbocycles. The number of nitrogens with two attached hydrogens (primary N) is 1. The molecule has 1 fully saturated rings. The van der Waals surface area contributed by atoms with E-state index in [9.17, 15) is 14.7 Å². The van der Waals surface area contributed by atoms with Crippen LogP contribution in [0.1, 0.15) is 52.9 Å². The van der Waals surface area contributed by atoms with E-state index in [4.69, 9.17) is 5.73 Å². The van der Waals surface area contributed by atoms with Gasteiger partial charge in [0.15, 0.2) is 0 Å². The van der Waals surface area contributed by atoms with E-state index in [2.05, 4.69) is 13.8 Å². The van der Waals surface area contributed by atoms with Crippen molar-refractivity contribution in [3.8, 4) is 0 Å². The lowest BCUT2D eigenvalue weighted by atomic mass is 9.80. The molecule has 0 aromatic rings. The Morgan fingerprint density at radius 3 is 2.50 bits per heavy atom. The van der Waals surface area contributed by atoms with Gasteiger partial charge in [-0.1, -0.05) is 27.2 Å². The van der Waals surface area contributed by atoms with Gasteiger partial charge in [0.1, 0.15) is 0 Å². The highest BCUT2D eigenvalue weighted by Gasteiger charge is 2.36. The Morgan fingerprint density at radius 2 is 2.00 bits per heavy atom. The highest BCUT2D eigenvalue weighted by molar-refractivity contribution is 5.87. The first kappa shape index (κ1) is 18.9. The second-order valence-electron chi connectivity index (χ2n) is 7.01. The van der Waals surface area contributed by atoms with Gasteiger partial charge in [0.05, 0.1) is 0 Å². The number of likely N-dealkylation sites (tertiary alicyclic amines) is 1. The number of amides is 2. The van der Waals surface area contributed by atoms with E-state index in [1.165, 1.54) is 0 Å². The molecule has 0 aromatic carbocycles. The number of carbonyl (C=O) groups is 2. The Balaban J connectivity index is 2.89. The molecule has 0 aromatic heterocycles. The predicted molar refractivity (Wildman–Crippen MR) is 86.9 cm³/mol. The monoisotopic (exact) mass is 312 g/mol. The van der Waals surface area contributed by atoms with Crippen LogP contribution in [-0.2, 0) is 9.59 Å². The summed E-state index contributed by atoms with van der Waals surface area (Å²) in [4.78, 5) is 26.6. The fraction of sp³-hybridized carbons (Fsp3) is 0.882. The van der Waals surface area contributed by atoms with Gasteiger partial charge in [-0.2, -0.15) is 0 Å². The zero-order valence-electron chi connectivity index (χ0n) is 14.3. The van der Waals surface area contributed by atoms with Crippen LogP contribution in [0.25, 0.3) is 0 Å². The molecule has 1 heterocycles. The van der Waals surface area contributed by atoms with Gasteiger partial charge in [-0.3, -0.25) is 9.59 Å². The fourth-order valence-corrected chi connectivity index (χ4v) is 3.45. The number of hydrogen-bond acceptors (Lipinski definition) is 3. The van der Waals surface area contributed by atoms with E-state index in [1.54, 1.807) is 0 Å². The summed E-state index contributed by atoms with van der Waals surface area (Å²) in [5.41, 5.74) is 5.57. The molecule has 22 heavy (non-hydrogen) atoms. The van der Waals surface area contributed by atoms with Crippen LogP contribution in [0.5, 0.6) is 0 Å². The Bertz CT molecular complexity index is 371. The molecule has 3 N–H and O–H groups in total. The molecule has 1 saturated heterocycles. The van der Waals surface area contributed by atoms with Gasteiger partial charge in [-0.05, 0) is 37.5 Å². The quantitative estimate of drug-likeness (QED) is 0.716. The predicted octanol–water partition coefficient (Wildman–Crippen LogP) is 1.78. The van der Waals surface area contributed by atoms with E-state index >= 15 is 0 Å². The van der Waals surface area contributed by atoms with Gasteiger partial charge >= 0.3 is 0 Å². The number of aliphatic hydroxyl groups is 1. The van der Waals surface area contributed by atoms with Crippen molar-refractivity contribution in [2.45, 2.75) is 52.9 Å². The SMILES string of the molecule is CCCC(C(N)=O)C(CC(C)C)C(=O)N1CCCC(CO)C1. The third-order valence-electron chi connectivity index (χ3n) is 4.58. The van der Waals surface area contributed by atoms with Crippen molar-refractivity contribution in [3.05, 3.63) is 0 Å². The minimum atomic E-state index is -0.380. The molecule has 0 bridgehead atoms. The standard InChI is InChI=1S/C17H32N2O3/c1-4-6-14(16(18)21)15(9-12(2)3)17(22)19-8-5-7-13(10-19)11-20/h12-15,20H,4-11H2,1-3H3,(H2,18,21). The maximum absolute atomic E-state index is 13.0. The van der Waals surface area contributed by atoms with Crippen molar-refractivity contribution >= 4 is 11.8 Å². The normalized spacial score (nSPS) is 21.7. The minimum Gasteiger partial charge on any atom is -0.396 e. The lowest BCUT2D eigenvalue weighted by molar-refractivity contribution is -0.144. The first-order chi connectivity index (χ1) is 10.4. The molecule has 0 saturated carbocycles. The van der Waals surface area contributed by atoms with E-state index in [1.807, 2.05) is 11.8 Å². The highest BCUT2D eigenvalue weighted by Crippen LogP contribution is 2.28. The summed E-state index contributed by atoms with van der Waals surface area (Å²) in [6.07, 6.45) is 4.07. The van der Waals surface area contributed by atoms with Gasteiger partial charge in [-0.25, -0.2) is 0 Å². The molecule has 0 radical (unpaired) electrons. The Labute approximate surface area is 134 Å². The van der Waals surface area contributed by atoms with Gasteiger partial charge in [-0.15, -0.1) is 0 Å². The molecule has 5 nitrogen and oxygen atoms in total. The first-order valence-corrected chi connectivity index (χ1v) is 8.59. The lowest BCUT2D eigenvalue weighted by Crippen LogP contribution is -2.47. The maximum Gasteiger partial charge on any atom is 0.226 e. The number of piperidine rings is 1. The van der Waals surface area contributed by atoms with E-state index in [-0.39, 0.29) is 36.2 Å². The third kappa shape index (κ3) is 5.27. The van der Waals surface area contributed by atoms with Crippen molar-refractivity contribution in [2.75, 3.05) is 19.7 Å². The summed E-state index contributed by atoms with van der Waals surface area (Å²) in [7, 11) is 0. The summed E-state index contributed by atoms with van der Waals surface area (Å²) in [5.74, 6) is -0.522. The summed E-state index contributed by atoms with van der Waals surface area (Å²) in [6, 6.07) is 0. The Morgan fingerprint density at radius 1 is 1.32 bits per heavy atom. The smallest absolute Gasteiger partial charge is 0.226 e. The fourth-order valence-electron chi connectivity index (χ4n) is 3.45. The molecular formula is C17H32N2O3. The molecule has 1 aliphatic heterocycles. The van der Waals surface area contributed by atoms with Gasteiger partial charge in [0.2, 0.25) is 11.8 Å². The molecule has 128 valence electrons. The molecule has 3 atom stereocenters. The highest BCUT2D eigenvalue weighted by atomic mass is 16.3. The van der Waals surface area contributed by atoms with Crippen molar-refractivity contribution in [2.24, 2.45) is 29.4 Å². The summed E-state index contributed by atoms with van der Waals surface area (Å²) >= 11 is 0. The molecule has 2 amide bonds. The summed E-state index contributed by atoms with van der Waals surface area (Å²) < 4.78 is 0. The second-order valence-corrected chi connectivity index (χ2v) is 7.01. The average molecular weight is 312 g/mol. The van der Waals surface area contributed by atoms with Crippen molar-refractivity contribution in [3.63, 3.8) is 0 Å². The number of primary amides is 1. The number of rotatable bonds is 8. The van der Waals surface area contributed by atoms with Gasteiger partial charge in [0, 0.05) is 31.5 Å². The molecular weight excluding hydrogens is 280 g/mol. The molecule has 0 spiro atoms.